The molecule has 3 aromatic rings. The molecule has 2 bridgehead atoms. The average molecular weight is 756 g/mol. The lowest BCUT2D eigenvalue weighted by Crippen LogP contribution is -2.57. The second-order valence-electron chi connectivity index (χ2n) is 13.8. The number of fused-ring (bicyclic) bond motifs is 1. The number of nitrogens with zero attached hydrogens (tertiary/aromatic N) is 2. The zero-order valence-corrected chi connectivity index (χ0v) is 31.0. The van der Waals surface area contributed by atoms with Gasteiger partial charge in [0, 0.05) is 20.1 Å². The van der Waals surface area contributed by atoms with Gasteiger partial charge in [0.05, 0.1) is 53.9 Å². The number of carbonyl (C=O) groups is 4. The van der Waals surface area contributed by atoms with Crippen molar-refractivity contribution in [3.05, 3.63) is 126 Å². The summed E-state index contributed by atoms with van der Waals surface area (Å²) in [4.78, 5) is 60.6. The summed E-state index contributed by atoms with van der Waals surface area (Å²) in [7, 11) is 1.49. The Hall–Kier alpha value is -4.81. The molecule has 0 unspecified atom stereocenters. The van der Waals surface area contributed by atoms with Crippen LogP contribution in [0.2, 0.25) is 5.02 Å². The highest BCUT2D eigenvalue weighted by Crippen LogP contribution is 2.60. The number of benzene rings is 3. The number of allylic oxidation sites excluding steroid dienone is 1. The molecule has 3 aromatic carbocycles. The molecule has 284 valence electrons. The van der Waals surface area contributed by atoms with Gasteiger partial charge >= 0.3 is 5.97 Å². The zero-order chi connectivity index (χ0) is 38.4. The van der Waals surface area contributed by atoms with Gasteiger partial charge in [0.15, 0.2) is 0 Å². The van der Waals surface area contributed by atoms with Gasteiger partial charge in [-0.15, -0.1) is 13.2 Å². The molecule has 54 heavy (non-hydrogen) atoms. The molecular weight excluding hydrogens is 710 g/mol. The molecule has 3 fully saturated rings. The lowest BCUT2D eigenvalue weighted by atomic mass is 9.70. The number of anilines is 1. The molecule has 12 heteroatoms. The summed E-state index contributed by atoms with van der Waals surface area (Å²) in [6.07, 6.45) is 2.87. The maximum atomic E-state index is 15.1. The highest BCUT2D eigenvalue weighted by molar-refractivity contribution is 6.34. The minimum absolute atomic E-state index is 0.0321. The normalized spacial score (nSPS) is 24.3. The van der Waals surface area contributed by atoms with Crippen LogP contribution < -0.4 is 10.2 Å². The minimum Gasteiger partial charge on any atom is -0.455 e. The Bertz CT molecular complexity index is 1840. The summed E-state index contributed by atoms with van der Waals surface area (Å²) < 4.78 is 18.5. The van der Waals surface area contributed by atoms with E-state index in [4.69, 9.17) is 25.8 Å². The predicted octanol–water partition coefficient (Wildman–Crippen LogP) is 5.35. The molecule has 3 aliphatic rings. The van der Waals surface area contributed by atoms with Crippen LogP contribution in [0.15, 0.2) is 110 Å². The van der Waals surface area contributed by atoms with Crippen LogP contribution in [-0.4, -0.2) is 84.4 Å². The summed E-state index contributed by atoms with van der Waals surface area (Å²) in [5.41, 5.74) is 0.235. The average Bonchev–Trinajstić information content (AvgIpc) is 3.84. The smallest absolute Gasteiger partial charge is 0.313 e. The predicted molar refractivity (Wildman–Crippen MR) is 203 cm³/mol. The highest BCUT2D eigenvalue weighted by atomic mass is 35.5. The summed E-state index contributed by atoms with van der Waals surface area (Å²) in [6.45, 7) is 7.18. The summed E-state index contributed by atoms with van der Waals surface area (Å²) in [6, 6.07) is 22.0. The Kier molecular flexibility index (Phi) is 12.3. The summed E-state index contributed by atoms with van der Waals surface area (Å²) in [5, 5.41) is 14.2. The monoisotopic (exact) mass is 755 g/mol. The van der Waals surface area contributed by atoms with Crippen LogP contribution in [0.1, 0.15) is 49.0 Å². The molecular formula is C42H46ClN3O8. The van der Waals surface area contributed by atoms with Gasteiger partial charge in [-0.2, -0.15) is 0 Å². The maximum absolute atomic E-state index is 15.1. The first-order valence-corrected chi connectivity index (χ1v) is 18.6. The number of aliphatic hydroxyl groups excluding tert-OH is 1. The third-order valence-electron chi connectivity index (χ3n) is 10.7. The van der Waals surface area contributed by atoms with Gasteiger partial charge in [-0.1, -0.05) is 96.5 Å². The van der Waals surface area contributed by atoms with Crippen molar-refractivity contribution in [3.63, 3.8) is 0 Å². The Morgan fingerprint density at radius 3 is 2.33 bits per heavy atom. The number of esters is 1. The van der Waals surface area contributed by atoms with Crippen LogP contribution in [0.25, 0.3) is 0 Å². The molecule has 0 aliphatic carbocycles. The van der Waals surface area contributed by atoms with Crippen molar-refractivity contribution in [2.75, 3.05) is 31.8 Å². The number of hydrogen-bond acceptors (Lipinski definition) is 8. The first-order valence-electron chi connectivity index (χ1n) is 18.2. The number of para-hydroxylation sites is 1. The number of carbonyl (C=O) groups excluding carboxylic acids is 4. The number of methoxy groups -OCH3 is 1. The highest BCUT2D eigenvalue weighted by Gasteiger charge is 2.76. The Morgan fingerprint density at radius 2 is 1.70 bits per heavy atom. The van der Waals surface area contributed by atoms with Crippen LogP contribution in [-0.2, 0) is 33.4 Å². The Morgan fingerprint density at radius 1 is 1.04 bits per heavy atom. The van der Waals surface area contributed by atoms with Crippen LogP contribution in [0.4, 0.5) is 5.69 Å². The SMILES string of the molecule is C=CCCC(=O)N[C@@H](COC)[C@@H](OC(=O)[C@@H]1[C@H]2C(=O)N([C@H](CO)c3ccccc3)[C@H](C(=O)N(CC=C)c3ccccc3Cl)[C@]23CC[C@H]1O3)c1ccccc1. The Labute approximate surface area is 320 Å². The molecule has 0 aromatic heterocycles. The fraction of sp³-hybridized carbons (Fsp3) is 0.381. The second-order valence-corrected chi connectivity index (χ2v) is 14.2. The molecule has 11 nitrogen and oxygen atoms in total. The number of nitrogens with one attached hydrogen (secondary N) is 1. The topological polar surface area (TPSA) is 135 Å². The summed E-state index contributed by atoms with van der Waals surface area (Å²) >= 11 is 6.63. The van der Waals surface area contributed by atoms with Gasteiger partial charge in [0.2, 0.25) is 11.8 Å². The van der Waals surface area contributed by atoms with E-state index in [0.29, 0.717) is 41.1 Å². The van der Waals surface area contributed by atoms with E-state index in [2.05, 4.69) is 18.5 Å². The van der Waals surface area contributed by atoms with Crippen molar-refractivity contribution in [2.45, 2.75) is 61.6 Å². The largest absolute Gasteiger partial charge is 0.455 e. The van der Waals surface area contributed by atoms with E-state index in [9.17, 15) is 14.7 Å². The molecule has 6 rings (SSSR count). The van der Waals surface area contributed by atoms with Gasteiger partial charge in [-0.25, -0.2) is 0 Å². The number of ether oxygens (including phenoxy) is 3. The molecule has 3 saturated heterocycles. The maximum Gasteiger partial charge on any atom is 0.313 e. The van der Waals surface area contributed by atoms with Crippen LogP contribution in [0.5, 0.6) is 0 Å². The van der Waals surface area contributed by atoms with E-state index in [-0.39, 0.29) is 25.5 Å². The fourth-order valence-electron chi connectivity index (χ4n) is 8.38. The number of hydrogen-bond donors (Lipinski definition) is 2. The Balaban J connectivity index is 1.41. The number of halogens is 1. The zero-order valence-electron chi connectivity index (χ0n) is 30.2. The van der Waals surface area contributed by atoms with E-state index in [1.165, 1.54) is 16.9 Å². The molecule has 1 spiro atoms. The number of likely N-dealkylation sites (tertiary alicyclic amines) is 1. The van der Waals surface area contributed by atoms with E-state index in [0.717, 1.165) is 0 Å². The number of aliphatic hydroxyl groups is 1. The molecule has 3 amide bonds. The van der Waals surface area contributed by atoms with Crippen molar-refractivity contribution in [2.24, 2.45) is 11.8 Å². The van der Waals surface area contributed by atoms with Crippen molar-refractivity contribution in [3.8, 4) is 0 Å². The first-order chi connectivity index (χ1) is 26.2. The van der Waals surface area contributed by atoms with Crippen molar-refractivity contribution >= 4 is 41.0 Å². The molecule has 3 heterocycles. The standard InChI is InChI=1S/C42H46ClN3O8/c1-4-6-21-34(48)44-30(26-52-3)37(28-17-11-8-12-18-28)53-41(51)35-33-22-23-42(54-33)36(35)39(49)46(32(25-47)27-15-9-7-10-16-27)38(42)40(50)45(24-5-2)31-20-14-13-19-29(31)43/h4-5,7-20,30,32-33,35-38,47H,1-2,6,21-26H2,3H3,(H,44,48)/t30-,32+,33+,35-,36-,37-,38+,42-/m0/s1. The van der Waals surface area contributed by atoms with E-state index >= 15 is 9.59 Å². The van der Waals surface area contributed by atoms with E-state index in [1.54, 1.807) is 84.9 Å². The van der Waals surface area contributed by atoms with Crippen molar-refractivity contribution in [1.29, 1.82) is 0 Å². The molecule has 3 aliphatic heterocycles. The van der Waals surface area contributed by atoms with Gasteiger partial charge in [0.1, 0.15) is 17.7 Å². The third-order valence-corrected chi connectivity index (χ3v) is 11.0. The van der Waals surface area contributed by atoms with Crippen LogP contribution in [0, 0.1) is 11.8 Å². The fourth-order valence-corrected chi connectivity index (χ4v) is 8.62. The molecule has 8 atom stereocenters. The molecule has 0 saturated carbocycles. The first kappa shape index (κ1) is 38.9. The molecule has 0 radical (unpaired) electrons. The van der Waals surface area contributed by atoms with Gasteiger partial charge < -0.3 is 34.4 Å². The lowest BCUT2D eigenvalue weighted by Gasteiger charge is -2.39. The number of rotatable bonds is 17. The van der Waals surface area contributed by atoms with E-state index < -0.39 is 72.2 Å². The third kappa shape index (κ3) is 7.33. The van der Waals surface area contributed by atoms with Crippen molar-refractivity contribution in [1.82, 2.24) is 10.2 Å². The molecule has 2 N–H and O–H groups in total. The quantitative estimate of drug-likeness (QED) is 0.139. The van der Waals surface area contributed by atoms with Crippen molar-refractivity contribution < 1.29 is 38.5 Å². The minimum atomic E-state index is -1.42. The van der Waals surface area contributed by atoms with Crippen LogP contribution in [0.3, 0.4) is 0 Å². The summed E-state index contributed by atoms with van der Waals surface area (Å²) in [5.74, 6) is -4.13. The van der Waals surface area contributed by atoms with Gasteiger partial charge in [-0.3, -0.25) is 19.2 Å². The number of amides is 3. The lowest BCUT2D eigenvalue weighted by molar-refractivity contribution is -0.163. The van der Waals surface area contributed by atoms with Gasteiger partial charge in [0.25, 0.3) is 5.91 Å². The second kappa shape index (κ2) is 17.1. The van der Waals surface area contributed by atoms with Crippen LogP contribution >= 0.6 is 11.6 Å². The van der Waals surface area contributed by atoms with Gasteiger partial charge in [-0.05, 0) is 42.5 Å². The van der Waals surface area contributed by atoms with E-state index in [1.807, 2.05) is 12.1 Å².